The molecular formula is C29H31F2N3O3. The van der Waals surface area contributed by atoms with Gasteiger partial charge >= 0.3 is 0 Å². The van der Waals surface area contributed by atoms with Crippen molar-refractivity contribution in [3.8, 4) is 11.5 Å². The quantitative estimate of drug-likeness (QED) is 0.381. The van der Waals surface area contributed by atoms with Crippen molar-refractivity contribution in [1.29, 1.82) is 0 Å². The molecule has 1 N–H and O–H groups in total. The molecule has 0 saturated heterocycles. The van der Waals surface area contributed by atoms with Gasteiger partial charge in [-0.05, 0) is 87.9 Å². The summed E-state index contributed by atoms with van der Waals surface area (Å²) < 4.78 is 33.0. The normalized spacial score (nSPS) is 16.6. The minimum atomic E-state index is -0.807. The number of carbonyl (C=O) groups excluding carboxylic acids is 1. The van der Waals surface area contributed by atoms with E-state index in [-0.39, 0.29) is 24.2 Å². The molecule has 2 aromatic carbocycles. The van der Waals surface area contributed by atoms with Gasteiger partial charge in [0.15, 0.2) is 11.6 Å². The van der Waals surface area contributed by atoms with Crippen LogP contribution in [-0.4, -0.2) is 38.1 Å². The van der Waals surface area contributed by atoms with Crippen LogP contribution in [0.4, 0.5) is 8.78 Å². The van der Waals surface area contributed by atoms with Crippen molar-refractivity contribution < 1.29 is 23.5 Å². The molecule has 0 radical (unpaired) electrons. The van der Waals surface area contributed by atoms with Gasteiger partial charge in [-0.25, -0.2) is 8.78 Å². The highest BCUT2D eigenvalue weighted by atomic mass is 19.1. The van der Waals surface area contributed by atoms with E-state index in [0.717, 1.165) is 41.9 Å². The highest BCUT2D eigenvalue weighted by Gasteiger charge is 2.41. The molecule has 1 saturated carbocycles. The average Bonchev–Trinajstić information content (AvgIpc) is 3.68. The smallest absolute Gasteiger partial charge is 0.254 e. The SMILES string of the molecule is CC(C)(C)N(O)Cc1cccc(C(C2CC2)N2CCc3ccc(Oc4ccc(F)cc4F)cc3C2=O)n1. The number of pyridine rings is 1. The summed E-state index contributed by atoms with van der Waals surface area (Å²) in [5.74, 6) is -1.07. The molecule has 2 aliphatic rings. The summed E-state index contributed by atoms with van der Waals surface area (Å²) >= 11 is 0. The van der Waals surface area contributed by atoms with Crippen molar-refractivity contribution in [1.82, 2.24) is 14.9 Å². The number of hydroxylamine groups is 2. The lowest BCUT2D eigenvalue weighted by molar-refractivity contribution is -0.164. The number of aromatic nitrogens is 1. The number of nitrogens with zero attached hydrogens (tertiary/aromatic N) is 3. The van der Waals surface area contributed by atoms with Crippen LogP contribution in [0.2, 0.25) is 0 Å². The molecular weight excluding hydrogens is 476 g/mol. The van der Waals surface area contributed by atoms with Crippen LogP contribution in [0.1, 0.15) is 67.0 Å². The molecule has 3 aromatic rings. The van der Waals surface area contributed by atoms with Gasteiger partial charge in [-0.3, -0.25) is 9.78 Å². The van der Waals surface area contributed by atoms with E-state index in [9.17, 15) is 18.8 Å². The second-order valence-electron chi connectivity index (χ2n) is 10.8. The fourth-order valence-corrected chi connectivity index (χ4v) is 4.69. The summed E-state index contributed by atoms with van der Waals surface area (Å²) in [6.45, 7) is 6.63. The lowest BCUT2D eigenvalue weighted by Gasteiger charge is -2.36. The molecule has 0 bridgehead atoms. The first kappa shape index (κ1) is 25.3. The highest BCUT2D eigenvalue weighted by molar-refractivity contribution is 5.97. The van der Waals surface area contributed by atoms with E-state index in [4.69, 9.17) is 9.72 Å². The molecule has 1 aliphatic carbocycles. The Hall–Kier alpha value is -3.36. The zero-order chi connectivity index (χ0) is 26.3. The number of fused-ring (bicyclic) bond motifs is 1. The largest absolute Gasteiger partial charge is 0.454 e. The Morgan fingerprint density at radius 1 is 1.14 bits per heavy atom. The van der Waals surface area contributed by atoms with Gasteiger partial charge in [0.05, 0.1) is 24.0 Å². The lowest BCUT2D eigenvalue weighted by atomic mass is 9.95. The third-order valence-corrected chi connectivity index (χ3v) is 6.94. The molecule has 8 heteroatoms. The number of amides is 1. The maximum atomic E-state index is 14.1. The third kappa shape index (κ3) is 5.50. The van der Waals surface area contributed by atoms with Crippen LogP contribution < -0.4 is 4.74 Å². The van der Waals surface area contributed by atoms with Gasteiger partial charge in [0.1, 0.15) is 11.6 Å². The summed E-state index contributed by atoms with van der Waals surface area (Å²) in [4.78, 5) is 20.5. The van der Waals surface area contributed by atoms with E-state index in [2.05, 4.69) is 0 Å². The standard InChI is InChI=1S/C29H31F2N3O3/c1-29(2,3)34(36)17-21-5-4-6-25(32-21)27(19-7-8-19)33-14-13-18-9-11-22(16-23(18)28(33)35)37-26-12-10-20(30)15-24(26)31/h4-6,9-12,15-16,19,27,36H,7-8,13-14,17H2,1-3H3. The Balaban J connectivity index is 1.40. The first-order valence-corrected chi connectivity index (χ1v) is 12.6. The molecule has 1 unspecified atom stereocenters. The Bertz CT molecular complexity index is 1320. The molecule has 6 nitrogen and oxygen atoms in total. The molecule has 2 heterocycles. The van der Waals surface area contributed by atoms with Crippen molar-refractivity contribution in [2.24, 2.45) is 5.92 Å². The predicted octanol–water partition coefficient (Wildman–Crippen LogP) is 6.29. The van der Waals surface area contributed by atoms with Crippen LogP contribution in [-0.2, 0) is 13.0 Å². The fraction of sp³-hybridized carbons (Fsp3) is 0.379. The van der Waals surface area contributed by atoms with Crippen molar-refractivity contribution in [3.05, 3.63) is 88.7 Å². The fourth-order valence-electron chi connectivity index (χ4n) is 4.69. The zero-order valence-corrected chi connectivity index (χ0v) is 21.2. The first-order chi connectivity index (χ1) is 17.6. The Morgan fingerprint density at radius 2 is 1.92 bits per heavy atom. The Kier molecular flexibility index (Phi) is 6.72. The average molecular weight is 508 g/mol. The molecule has 1 aromatic heterocycles. The molecule has 1 aliphatic heterocycles. The van der Waals surface area contributed by atoms with Gasteiger partial charge in [0.25, 0.3) is 5.91 Å². The van der Waals surface area contributed by atoms with Crippen molar-refractivity contribution in [2.75, 3.05) is 6.54 Å². The summed E-state index contributed by atoms with van der Waals surface area (Å²) in [5, 5.41) is 11.7. The third-order valence-electron chi connectivity index (χ3n) is 6.94. The second-order valence-corrected chi connectivity index (χ2v) is 10.8. The van der Waals surface area contributed by atoms with E-state index >= 15 is 0 Å². The van der Waals surface area contributed by atoms with Crippen LogP contribution in [0.3, 0.4) is 0 Å². The van der Waals surface area contributed by atoms with Crippen LogP contribution in [0.25, 0.3) is 0 Å². The second kappa shape index (κ2) is 9.84. The topological polar surface area (TPSA) is 65.9 Å². The van der Waals surface area contributed by atoms with Crippen LogP contribution >= 0.6 is 0 Å². The van der Waals surface area contributed by atoms with Crippen molar-refractivity contribution in [3.63, 3.8) is 0 Å². The molecule has 37 heavy (non-hydrogen) atoms. The minimum Gasteiger partial charge on any atom is -0.454 e. The van der Waals surface area contributed by atoms with Gasteiger partial charge in [-0.1, -0.05) is 12.1 Å². The first-order valence-electron chi connectivity index (χ1n) is 12.6. The van der Waals surface area contributed by atoms with Gasteiger partial charge in [0.2, 0.25) is 0 Å². The lowest BCUT2D eigenvalue weighted by Crippen LogP contribution is -2.41. The van der Waals surface area contributed by atoms with Crippen LogP contribution in [0, 0.1) is 17.6 Å². The van der Waals surface area contributed by atoms with E-state index in [1.807, 2.05) is 49.9 Å². The number of rotatable bonds is 7. The van der Waals surface area contributed by atoms with E-state index in [0.29, 0.717) is 30.2 Å². The summed E-state index contributed by atoms with van der Waals surface area (Å²) in [6, 6.07) is 13.9. The molecule has 1 amide bonds. The number of hydrogen-bond donors (Lipinski definition) is 1. The highest BCUT2D eigenvalue weighted by Crippen LogP contribution is 2.45. The molecule has 1 fully saturated rings. The zero-order valence-electron chi connectivity index (χ0n) is 21.2. The van der Waals surface area contributed by atoms with Gasteiger partial charge < -0.3 is 14.8 Å². The molecule has 194 valence electrons. The number of carbonyl (C=O) groups is 1. The summed E-state index contributed by atoms with van der Waals surface area (Å²) in [7, 11) is 0. The van der Waals surface area contributed by atoms with E-state index in [1.54, 1.807) is 12.1 Å². The van der Waals surface area contributed by atoms with Gasteiger partial charge in [-0.15, -0.1) is 0 Å². The monoisotopic (exact) mass is 507 g/mol. The predicted molar refractivity (Wildman–Crippen MR) is 134 cm³/mol. The summed E-state index contributed by atoms with van der Waals surface area (Å²) in [6.07, 6.45) is 2.73. The number of hydrogen-bond acceptors (Lipinski definition) is 5. The summed E-state index contributed by atoms with van der Waals surface area (Å²) in [5.41, 5.74) is 2.56. The van der Waals surface area contributed by atoms with Gasteiger partial charge in [0, 0.05) is 23.7 Å². The van der Waals surface area contributed by atoms with Crippen LogP contribution in [0.15, 0.2) is 54.6 Å². The van der Waals surface area contributed by atoms with Crippen molar-refractivity contribution >= 4 is 5.91 Å². The van der Waals surface area contributed by atoms with Gasteiger partial charge in [-0.2, -0.15) is 5.06 Å². The maximum absolute atomic E-state index is 14.1. The Morgan fingerprint density at radius 3 is 2.62 bits per heavy atom. The molecule has 1 atom stereocenters. The van der Waals surface area contributed by atoms with Crippen molar-refractivity contribution in [2.45, 2.75) is 58.2 Å². The maximum Gasteiger partial charge on any atom is 0.254 e. The Labute approximate surface area is 215 Å². The van der Waals surface area contributed by atoms with Crippen LogP contribution in [0.5, 0.6) is 11.5 Å². The minimum absolute atomic E-state index is 0.105. The number of halogens is 2. The van der Waals surface area contributed by atoms with E-state index < -0.39 is 17.2 Å². The van der Waals surface area contributed by atoms with E-state index in [1.165, 1.54) is 11.1 Å². The number of ether oxygens (including phenoxy) is 1. The molecule has 5 rings (SSSR count). The number of benzene rings is 2. The molecule has 0 spiro atoms.